The molecule has 2 aromatic rings. The van der Waals surface area contributed by atoms with Crippen molar-refractivity contribution >= 4 is 39.3 Å². The number of nitrogens with zero attached hydrogens (tertiary/aromatic N) is 2. The van der Waals surface area contributed by atoms with Crippen molar-refractivity contribution in [2.45, 2.75) is 6.92 Å². The van der Waals surface area contributed by atoms with Gasteiger partial charge in [0.1, 0.15) is 11.6 Å². The van der Waals surface area contributed by atoms with Crippen LogP contribution < -0.4 is 5.32 Å². The van der Waals surface area contributed by atoms with E-state index in [0.29, 0.717) is 5.69 Å². The van der Waals surface area contributed by atoms with E-state index in [0.717, 1.165) is 11.6 Å². The summed E-state index contributed by atoms with van der Waals surface area (Å²) in [7, 11) is 0. The summed E-state index contributed by atoms with van der Waals surface area (Å²) in [6.07, 6.45) is 1.21. The van der Waals surface area contributed by atoms with Crippen LogP contribution in [0.3, 0.4) is 0 Å². The predicted molar refractivity (Wildman–Crippen MR) is 95.9 cm³/mol. The first-order valence-corrected chi connectivity index (χ1v) is 7.78. The summed E-state index contributed by atoms with van der Waals surface area (Å²) < 4.78 is 0.0873. The number of nitro groups is 1. The van der Waals surface area contributed by atoms with Crippen molar-refractivity contribution < 1.29 is 14.8 Å². The Morgan fingerprint density at radius 3 is 2.72 bits per heavy atom. The molecule has 0 fully saturated rings. The molecule has 0 saturated heterocycles. The number of carbonyl (C=O) groups is 1. The number of halogens is 1. The van der Waals surface area contributed by atoms with Crippen molar-refractivity contribution in [1.29, 1.82) is 5.26 Å². The van der Waals surface area contributed by atoms with E-state index < -0.39 is 22.3 Å². The number of carbonyl (C=O) groups excluding carboxylic acids is 1. The lowest BCUT2D eigenvalue weighted by molar-refractivity contribution is -0.386. The number of benzene rings is 2. The molecule has 0 aromatic heterocycles. The van der Waals surface area contributed by atoms with E-state index in [2.05, 4.69) is 21.2 Å². The first-order chi connectivity index (χ1) is 11.8. The van der Waals surface area contributed by atoms with E-state index in [1.807, 2.05) is 13.0 Å². The van der Waals surface area contributed by atoms with Crippen LogP contribution in [0.25, 0.3) is 6.08 Å². The number of aryl methyl sites for hydroxylation is 1. The molecule has 0 aliphatic rings. The second kappa shape index (κ2) is 7.59. The molecule has 2 N–H and O–H groups in total. The number of rotatable bonds is 4. The molecule has 8 heteroatoms. The summed E-state index contributed by atoms with van der Waals surface area (Å²) >= 11 is 3.01. The van der Waals surface area contributed by atoms with E-state index in [1.165, 1.54) is 12.1 Å². The van der Waals surface area contributed by atoms with Crippen molar-refractivity contribution in [3.8, 4) is 11.8 Å². The van der Waals surface area contributed by atoms with Crippen LogP contribution in [0.5, 0.6) is 5.75 Å². The van der Waals surface area contributed by atoms with Gasteiger partial charge in [0.05, 0.1) is 9.40 Å². The minimum absolute atomic E-state index is 0.0873. The highest BCUT2D eigenvalue weighted by Crippen LogP contribution is 2.35. The average Bonchev–Trinajstić information content (AvgIpc) is 2.55. The Bertz CT molecular complexity index is 932. The fourth-order valence-electron chi connectivity index (χ4n) is 2.06. The summed E-state index contributed by atoms with van der Waals surface area (Å²) in [4.78, 5) is 22.4. The van der Waals surface area contributed by atoms with Gasteiger partial charge in [-0.1, -0.05) is 12.1 Å². The smallest absolute Gasteiger partial charge is 0.312 e. The minimum Gasteiger partial charge on any atom is -0.501 e. The van der Waals surface area contributed by atoms with Crippen molar-refractivity contribution in [3.05, 3.63) is 67.7 Å². The number of nitro benzene ring substituents is 1. The van der Waals surface area contributed by atoms with Crippen LogP contribution in [0.15, 0.2) is 46.4 Å². The molecule has 0 bridgehead atoms. The lowest BCUT2D eigenvalue weighted by atomic mass is 10.1. The Morgan fingerprint density at radius 2 is 2.12 bits per heavy atom. The van der Waals surface area contributed by atoms with Gasteiger partial charge in [0.2, 0.25) is 5.75 Å². The summed E-state index contributed by atoms with van der Waals surface area (Å²) in [6, 6.07) is 11.3. The minimum atomic E-state index is -0.754. The maximum absolute atomic E-state index is 12.2. The number of aromatic hydroxyl groups is 1. The molecule has 2 aromatic carbocycles. The SMILES string of the molecule is Cc1cccc(NC(=O)/C(C#N)=C\c2cc(Br)c(O)c([N+](=O)[O-])c2)c1. The van der Waals surface area contributed by atoms with Crippen LogP contribution in [-0.2, 0) is 4.79 Å². The first kappa shape index (κ1) is 18.2. The van der Waals surface area contributed by atoms with E-state index in [9.17, 15) is 25.3 Å². The van der Waals surface area contributed by atoms with Crippen LogP contribution in [0.4, 0.5) is 11.4 Å². The summed E-state index contributed by atoms with van der Waals surface area (Å²) in [6.45, 7) is 1.86. The molecule has 0 aliphatic carbocycles. The number of nitriles is 1. The van der Waals surface area contributed by atoms with Crippen LogP contribution >= 0.6 is 15.9 Å². The Morgan fingerprint density at radius 1 is 1.40 bits per heavy atom. The van der Waals surface area contributed by atoms with Gasteiger partial charge in [0.25, 0.3) is 5.91 Å². The summed E-state index contributed by atoms with van der Waals surface area (Å²) in [5.74, 6) is -1.16. The fraction of sp³-hybridized carbons (Fsp3) is 0.0588. The monoisotopic (exact) mass is 401 g/mol. The molecule has 7 nitrogen and oxygen atoms in total. The number of phenolic OH excluding ortho intramolecular Hbond substituents is 1. The van der Waals surface area contributed by atoms with Gasteiger partial charge in [-0.15, -0.1) is 0 Å². The second-order valence-electron chi connectivity index (χ2n) is 5.12. The number of phenols is 1. The summed E-state index contributed by atoms with van der Waals surface area (Å²) in [5.41, 5.74) is 0.945. The number of hydrogen-bond donors (Lipinski definition) is 2. The normalized spacial score (nSPS) is 10.8. The Kier molecular flexibility index (Phi) is 5.52. The van der Waals surface area contributed by atoms with Gasteiger partial charge in [0.15, 0.2) is 0 Å². The lowest BCUT2D eigenvalue weighted by Crippen LogP contribution is -2.13. The third kappa shape index (κ3) is 4.43. The van der Waals surface area contributed by atoms with Crippen molar-refractivity contribution in [2.24, 2.45) is 0 Å². The molecule has 25 heavy (non-hydrogen) atoms. The van der Waals surface area contributed by atoms with Gasteiger partial charge in [-0.25, -0.2) is 0 Å². The molecule has 0 atom stereocenters. The molecule has 1 amide bonds. The number of amides is 1. The second-order valence-corrected chi connectivity index (χ2v) is 5.98. The van der Waals surface area contributed by atoms with Crippen LogP contribution in [-0.4, -0.2) is 15.9 Å². The van der Waals surface area contributed by atoms with Gasteiger partial charge in [-0.05, 0) is 58.3 Å². The number of anilines is 1. The molecule has 0 spiro atoms. The standard InChI is InChI=1S/C17H12BrN3O4/c1-10-3-2-4-13(5-10)20-17(23)12(9-19)6-11-7-14(18)16(22)15(8-11)21(24)25/h2-8,22H,1H3,(H,20,23)/b12-6-. The molecule has 0 aliphatic heterocycles. The van der Waals surface area contributed by atoms with Gasteiger partial charge < -0.3 is 10.4 Å². The number of nitrogens with one attached hydrogen (secondary N) is 1. The van der Waals surface area contributed by atoms with Crippen molar-refractivity contribution in [2.75, 3.05) is 5.32 Å². The van der Waals surface area contributed by atoms with Gasteiger partial charge in [-0.3, -0.25) is 14.9 Å². The molecule has 126 valence electrons. The zero-order valence-electron chi connectivity index (χ0n) is 13.0. The Labute approximate surface area is 151 Å². The molecular formula is C17H12BrN3O4. The molecule has 0 saturated carbocycles. The molecule has 2 rings (SSSR count). The highest BCUT2D eigenvalue weighted by atomic mass is 79.9. The summed E-state index contributed by atoms with van der Waals surface area (Å²) in [5, 5.41) is 32.4. The van der Waals surface area contributed by atoms with E-state index in [-0.39, 0.29) is 15.6 Å². The third-order valence-corrected chi connectivity index (χ3v) is 3.82. The van der Waals surface area contributed by atoms with Crippen molar-refractivity contribution in [1.82, 2.24) is 0 Å². The third-order valence-electron chi connectivity index (χ3n) is 3.21. The maximum atomic E-state index is 12.2. The Balaban J connectivity index is 2.35. The highest BCUT2D eigenvalue weighted by molar-refractivity contribution is 9.10. The predicted octanol–water partition coefficient (Wildman–Crippen LogP) is 3.92. The molecule has 0 heterocycles. The first-order valence-electron chi connectivity index (χ1n) is 6.98. The lowest BCUT2D eigenvalue weighted by Gasteiger charge is -2.06. The van der Waals surface area contributed by atoms with Crippen LogP contribution in [0.1, 0.15) is 11.1 Å². The van der Waals surface area contributed by atoms with E-state index >= 15 is 0 Å². The van der Waals surface area contributed by atoms with Crippen LogP contribution in [0.2, 0.25) is 0 Å². The van der Waals surface area contributed by atoms with E-state index in [1.54, 1.807) is 24.3 Å². The van der Waals surface area contributed by atoms with Gasteiger partial charge in [0, 0.05) is 11.8 Å². The van der Waals surface area contributed by atoms with Crippen LogP contribution in [0, 0.1) is 28.4 Å². The zero-order valence-corrected chi connectivity index (χ0v) is 14.6. The van der Waals surface area contributed by atoms with Gasteiger partial charge in [-0.2, -0.15) is 5.26 Å². The average molecular weight is 402 g/mol. The maximum Gasteiger partial charge on any atom is 0.312 e. The fourth-order valence-corrected chi connectivity index (χ4v) is 2.53. The largest absolute Gasteiger partial charge is 0.501 e. The molecule has 0 unspecified atom stereocenters. The van der Waals surface area contributed by atoms with E-state index in [4.69, 9.17) is 0 Å². The van der Waals surface area contributed by atoms with Gasteiger partial charge >= 0.3 is 5.69 Å². The highest BCUT2D eigenvalue weighted by Gasteiger charge is 2.18. The Hall–Kier alpha value is -3.18. The zero-order chi connectivity index (χ0) is 18.6. The molecular weight excluding hydrogens is 390 g/mol. The quantitative estimate of drug-likeness (QED) is 0.348. The topological polar surface area (TPSA) is 116 Å². The van der Waals surface area contributed by atoms with Crippen molar-refractivity contribution in [3.63, 3.8) is 0 Å². The number of hydrogen-bond acceptors (Lipinski definition) is 5. The molecule has 0 radical (unpaired) electrons.